The van der Waals surface area contributed by atoms with E-state index in [0.717, 1.165) is 5.82 Å². The van der Waals surface area contributed by atoms with Crippen LogP contribution in [-0.2, 0) is 14.8 Å². The Balaban J connectivity index is 1.46. The van der Waals surface area contributed by atoms with Gasteiger partial charge >= 0.3 is 0 Å². The molecule has 10 heteroatoms. The van der Waals surface area contributed by atoms with Crippen LogP contribution in [0.15, 0.2) is 48.7 Å². The molecule has 1 aliphatic heterocycles. The lowest BCUT2D eigenvalue weighted by atomic mass is 10.1. The fourth-order valence-electron chi connectivity index (χ4n) is 3.22. The second-order valence-electron chi connectivity index (χ2n) is 7.71. The number of piperazine rings is 1. The molecule has 0 aliphatic carbocycles. The Bertz CT molecular complexity index is 976. The van der Waals surface area contributed by atoms with Crippen molar-refractivity contribution in [1.29, 1.82) is 0 Å². The van der Waals surface area contributed by atoms with Crippen molar-refractivity contribution in [3.63, 3.8) is 0 Å². The first-order valence-electron chi connectivity index (χ1n) is 10.0. The number of nitrogens with zero attached hydrogens (tertiary/aromatic N) is 3. The summed E-state index contributed by atoms with van der Waals surface area (Å²) in [6, 6.07) is 12.4. The molecule has 1 fully saturated rings. The van der Waals surface area contributed by atoms with Gasteiger partial charge in [0.05, 0.1) is 5.75 Å². The molecule has 1 saturated heterocycles. The van der Waals surface area contributed by atoms with Gasteiger partial charge in [0.1, 0.15) is 11.6 Å². The highest BCUT2D eigenvalue weighted by atomic mass is 35.5. The number of pyridine rings is 1. The van der Waals surface area contributed by atoms with Crippen LogP contribution in [-0.4, -0.2) is 67.7 Å². The van der Waals surface area contributed by atoms with Gasteiger partial charge in [0.15, 0.2) is 5.60 Å². The average Bonchev–Trinajstić information content (AvgIpc) is 2.76. The Hall–Kier alpha value is -2.36. The normalized spacial score (nSPS) is 15.5. The first kappa shape index (κ1) is 23.3. The Morgan fingerprint density at radius 1 is 1.13 bits per heavy atom. The van der Waals surface area contributed by atoms with E-state index in [1.54, 1.807) is 44.3 Å². The minimum absolute atomic E-state index is 0.00896. The number of nitrogens with one attached hydrogen (secondary N) is 1. The van der Waals surface area contributed by atoms with Crippen molar-refractivity contribution in [2.75, 3.05) is 43.4 Å². The molecule has 168 valence electrons. The quantitative estimate of drug-likeness (QED) is 0.641. The number of sulfonamides is 1. The number of ether oxygens (including phenoxy) is 1. The third kappa shape index (κ3) is 6.32. The Morgan fingerprint density at radius 2 is 1.81 bits per heavy atom. The molecule has 1 amide bonds. The van der Waals surface area contributed by atoms with Gasteiger partial charge in [0, 0.05) is 43.9 Å². The molecule has 0 radical (unpaired) electrons. The van der Waals surface area contributed by atoms with Crippen molar-refractivity contribution in [2.45, 2.75) is 19.4 Å². The van der Waals surface area contributed by atoms with Crippen molar-refractivity contribution in [3.05, 3.63) is 53.7 Å². The lowest BCUT2D eigenvalue weighted by molar-refractivity contribution is -0.134. The molecule has 1 aromatic heterocycles. The molecule has 1 N–H and O–H groups in total. The highest BCUT2D eigenvalue weighted by Gasteiger charge is 2.31. The molecule has 1 aromatic carbocycles. The Kier molecular flexibility index (Phi) is 7.40. The summed E-state index contributed by atoms with van der Waals surface area (Å²) in [5.41, 5.74) is -1.16. The molecule has 2 aromatic rings. The predicted molar refractivity (Wildman–Crippen MR) is 121 cm³/mol. The Morgan fingerprint density at radius 3 is 2.42 bits per heavy atom. The summed E-state index contributed by atoms with van der Waals surface area (Å²) in [5, 5.41) is 3.24. The van der Waals surface area contributed by atoms with Gasteiger partial charge in [-0.2, -0.15) is 4.31 Å². The second-order valence-corrected chi connectivity index (χ2v) is 10.2. The number of amides is 1. The van der Waals surface area contributed by atoms with Crippen LogP contribution in [0.25, 0.3) is 0 Å². The number of carbonyl (C=O) groups excluding carboxylic acids is 1. The molecule has 31 heavy (non-hydrogen) atoms. The van der Waals surface area contributed by atoms with Gasteiger partial charge in [-0.1, -0.05) is 17.7 Å². The summed E-state index contributed by atoms with van der Waals surface area (Å²) < 4.78 is 32.6. The first-order valence-corrected chi connectivity index (χ1v) is 12.0. The maximum Gasteiger partial charge on any atom is 0.263 e. The van der Waals surface area contributed by atoms with Crippen molar-refractivity contribution in [3.8, 4) is 5.75 Å². The maximum absolute atomic E-state index is 12.7. The standard InChI is InChI=1S/C21H27ClN4O4S/c1-21(2,30-18-8-6-17(22)7-9-18)20(27)24-11-16-31(28,29)26-14-12-25(13-15-26)19-5-3-4-10-23-19/h3-10H,11-16H2,1-2H3,(H,24,27). The molecule has 0 atom stereocenters. The van der Waals surface area contributed by atoms with Gasteiger partial charge in [0.25, 0.3) is 5.91 Å². The van der Waals surface area contributed by atoms with E-state index < -0.39 is 21.5 Å². The molecule has 0 unspecified atom stereocenters. The van der Waals surface area contributed by atoms with Crippen LogP contribution < -0.4 is 15.0 Å². The van der Waals surface area contributed by atoms with Gasteiger partial charge in [-0.15, -0.1) is 0 Å². The summed E-state index contributed by atoms with van der Waals surface area (Å²) in [4.78, 5) is 18.9. The SMILES string of the molecule is CC(C)(Oc1ccc(Cl)cc1)C(=O)NCCS(=O)(=O)N1CCN(c2ccccn2)CC1. The van der Waals surface area contributed by atoms with Crippen molar-refractivity contribution >= 4 is 33.3 Å². The van der Waals surface area contributed by atoms with Gasteiger partial charge in [-0.05, 0) is 50.2 Å². The van der Waals surface area contributed by atoms with E-state index in [2.05, 4.69) is 15.2 Å². The minimum atomic E-state index is -3.48. The number of halogens is 1. The lowest BCUT2D eigenvalue weighted by Crippen LogP contribution is -2.51. The number of aromatic nitrogens is 1. The predicted octanol–water partition coefficient (Wildman–Crippen LogP) is 2.16. The van der Waals surface area contributed by atoms with Crippen molar-refractivity contribution < 1.29 is 17.9 Å². The van der Waals surface area contributed by atoms with Crippen LogP contribution in [0, 0.1) is 0 Å². The number of benzene rings is 1. The van der Waals surface area contributed by atoms with Crippen LogP contribution in [0.5, 0.6) is 5.75 Å². The molecular weight excluding hydrogens is 440 g/mol. The van der Waals surface area contributed by atoms with E-state index in [4.69, 9.17) is 16.3 Å². The number of rotatable bonds is 8. The van der Waals surface area contributed by atoms with Crippen LogP contribution in [0.3, 0.4) is 0 Å². The number of carbonyl (C=O) groups is 1. The highest BCUT2D eigenvalue weighted by Crippen LogP contribution is 2.21. The van der Waals surface area contributed by atoms with Crippen molar-refractivity contribution in [2.24, 2.45) is 0 Å². The molecule has 0 spiro atoms. The van der Waals surface area contributed by atoms with Gasteiger partial charge < -0.3 is 15.0 Å². The van der Waals surface area contributed by atoms with E-state index >= 15 is 0 Å². The molecule has 0 saturated carbocycles. The van der Waals surface area contributed by atoms with Crippen molar-refractivity contribution in [1.82, 2.24) is 14.6 Å². The zero-order chi connectivity index (χ0) is 22.5. The maximum atomic E-state index is 12.7. The number of anilines is 1. The molecule has 1 aliphatic rings. The van der Waals surface area contributed by atoms with Gasteiger partial charge in [0.2, 0.25) is 10.0 Å². The van der Waals surface area contributed by atoms with E-state index in [0.29, 0.717) is 37.0 Å². The topological polar surface area (TPSA) is 91.8 Å². The van der Waals surface area contributed by atoms with E-state index in [-0.39, 0.29) is 12.3 Å². The smallest absolute Gasteiger partial charge is 0.263 e. The van der Waals surface area contributed by atoms with Crippen LogP contribution in [0.4, 0.5) is 5.82 Å². The molecule has 2 heterocycles. The average molecular weight is 467 g/mol. The lowest BCUT2D eigenvalue weighted by Gasteiger charge is -2.34. The highest BCUT2D eigenvalue weighted by molar-refractivity contribution is 7.89. The largest absolute Gasteiger partial charge is 0.478 e. The molecular formula is C21H27ClN4O4S. The van der Waals surface area contributed by atoms with Gasteiger partial charge in [-0.3, -0.25) is 4.79 Å². The zero-order valence-electron chi connectivity index (χ0n) is 17.6. The summed E-state index contributed by atoms with van der Waals surface area (Å²) in [6.45, 7) is 5.19. The summed E-state index contributed by atoms with van der Waals surface area (Å²) >= 11 is 5.86. The van der Waals surface area contributed by atoms with E-state index in [9.17, 15) is 13.2 Å². The third-order valence-electron chi connectivity index (χ3n) is 4.98. The first-order chi connectivity index (χ1) is 14.7. The second kappa shape index (κ2) is 9.84. The molecule has 3 rings (SSSR count). The summed E-state index contributed by atoms with van der Waals surface area (Å²) in [7, 11) is -3.48. The fraction of sp³-hybridized carbons (Fsp3) is 0.429. The fourth-order valence-corrected chi connectivity index (χ4v) is 4.68. The third-order valence-corrected chi connectivity index (χ3v) is 7.11. The van der Waals surface area contributed by atoms with Gasteiger partial charge in [-0.25, -0.2) is 13.4 Å². The monoisotopic (exact) mass is 466 g/mol. The van der Waals surface area contributed by atoms with E-state index in [1.165, 1.54) is 4.31 Å². The number of hydrogen-bond acceptors (Lipinski definition) is 6. The summed E-state index contributed by atoms with van der Waals surface area (Å²) in [6.07, 6.45) is 1.72. The van der Waals surface area contributed by atoms with Crippen LogP contribution in [0.2, 0.25) is 5.02 Å². The van der Waals surface area contributed by atoms with E-state index in [1.807, 2.05) is 18.2 Å². The Labute approximate surface area is 188 Å². The minimum Gasteiger partial charge on any atom is -0.478 e. The summed E-state index contributed by atoms with van der Waals surface area (Å²) in [5.74, 6) is 0.787. The number of hydrogen-bond donors (Lipinski definition) is 1. The van der Waals surface area contributed by atoms with Crippen LogP contribution >= 0.6 is 11.6 Å². The van der Waals surface area contributed by atoms with Crippen LogP contribution in [0.1, 0.15) is 13.8 Å². The molecule has 0 bridgehead atoms. The molecule has 8 nitrogen and oxygen atoms in total. The zero-order valence-corrected chi connectivity index (χ0v) is 19.2.